The van der Waals surface area contributed by atoms with E-state index in [9.17, 15) is 24.1 Å². The molecule has 0 aliphatic carbocycles. The van der Waals surface area contributed by atoms with Crippen LogP contribution in [0, 0.1) is 6.42 Å². The summed E-state index contributed by atoms with van der Waals surface area (Å²) in [4.78, 5) is 67.4. The summed E-state index contributed by atoms with van der Waals surface area (Å²) in [7, 11) is 0.969. The molecule has 0 saturated carbocycles. The summed E-state index contributed by atoms with van der Waals surface area (Å²) in [5, 5.41) is 0. The summed E-state index contributed by atoms with van der Waals surface area (Å²) in [6.07, 6.45) is -2.19. The Balaban J connectivity index is 1.28. The Morgan fingerprint density at radius 1 is 0.746 bits per heavy atom. The third-order valence-corrected chi connectivity index (χ3v) is 13.4. The van der Waals surface area contributed by atoms with E-state index < -0.39 is 84.8 Å². The molecule has 1 spiro atoms. The number of fused-ring (bicyclic) bond motifs is 1. The number of H-pyrrole nitrogens is 2. The molecule has 0 bridgehead atoms. The van der Waals surface area contributed by atoms with Gasteiger partial charge < -0.3 is 0 Å². The molecule has 18 nitrogen and oxygen atoms in total. The molecule has 2 aromatic heterocycles. The fourth-order valence-electron chi connectivity index (χ4n) is 8.77. The standard InChI is InChI=1S/C44H50N4O14P/c1-54-31-19-17-30(18-20-31)44(28-12-7-5-8-13-28,29-14-9-6-10-15-29)60-32-16-11-23-43(26-33(55-2)39(61-43)47-24-21-34(49)45-41(47)51)27-58-63(53,57-4)62-37-36(32)59-40(38(37)56-3)48-25-22-35(50)46-42(48)52/h5-10,12-15,17-22,24-26,32-33,36-40,53,63H,11,16,23,27H2,1-4H3,(H,45,49,51)(H,46,50,52)/t32-,33+,36+,37+,38+,39+,40+,43-/m0/s1. The van der Waals surface area contributed by atoms with Crippen molar-refractivity contribution in [1.29, 1.82) is 0 Å². The number of ether oxygens (including phenoxy) is 6. The van der Waals surface area contributed by atoms with Gasteiger partial charge in [0.15, 0.2) is 0 Å². The predicted octanol–water partition coefficient (Wildman–Crippen LogP) is 3.51. The molecule has 335 valence electrons. The van der Waals surface area contributed by atoms with Crippen LogP contribution < -0.4 is 27.2 Å². The van der Waals surface area contributed by atoms with Crippen molar-refractivity contribution in [2.45, 2.75) is 73.4 Å². The first-order valence-electron chi connectivity index (χ1n) is 20.4. The second-order valence-electron chi connectivity index (χ2n) is 15.5. The first-order chi connectivity index (χ1) is 30.4. The van der Waals surface area contributed by atoms with Crippen LogP contribution in [-0.2, 0) is 42.9 Å². The molecule has 0 amide bonds. The van der Waals surface area contributed by atoms with Gasteiger partial charge >= 0.3 is 363 Å². The maximum atomic E-state index is 13.4. The zero-order valence-corrected chi connectivity index (χ0v) is 36.0. The molecule has 5 aromatic rings. The summed E-state index contributed by atoms with van der Waals surface area (Å²) in [6.45, 7) is -0.313. The zero-order chi connectivity index (χ0) is 44.4. The Morgan fingerprint density at radius 2 is 1.33 bits per heavy atom. The van der Waals surface area contributed by atoms with E-state index in [0.29, 0.717) is 12.2 Å². The number of rotatable bonds is 11. The van der Waals surface area contributed by atoms with Gasteiger partial charge in [0.1, 0.15) is 0 Å². The van der Waals surface area contributed by atoms with Crippen LogP contribution in [0.1, 0.15) is 48.4 Å². The summed E-state index contributed by atoms with van der Waals surface area (Å²) < 4.78 is 59.5. The van der Waals surface area contributed by atoms with Gasteiger partial charge in [0.05, 0.1) is 0 Å². The second kappa shape index (κ2) is 18.5. The number of nitrogens with one attached hydrogen (secondary N) is 2. The van der Waals surface area contributed by atoms with Crippen LogP contribution in [0.25, 0.3) is 0 Å². The quantitative estimate of drug-likeness (QED) is 0.128. The molecular formula is C44H50N4O14P. The first kappa shape index (κ1) is 44.5. The van der Waals surface area contributed by atoms with E-state index in [0.717, 1.165) is 16.7 Å². The van der Waals surface area contributed by atoms with Gasteiger partial charge in [-0.2, -0.15) is 0 Å². The van der Waals surface area contributed by atoms with Crippen molar-refractivity contribution in [3.05, 3.63) is 174 Å². The Morgan fingerprint density at radius 3 is 1.87 bits per heavy atom. The van der Waals surface area contributed by atoms with Crippen LogP contribution in [0.5, 0.6) is 5.75 Å². The van der Waals surface area contributed by atoms with E-state index in [4.69, 9.17) is 42.0 Å². The molecule has 3 aromatic carbocycles. The van der Waals surface area contributed by atoms with Crippen LogP contribution in [0.3, 0.4) is 0 Å². The zero-order valence-electron chi connectivity index (χ0n) is 35.0. The number of aromatic amines is 2. The van der Waals surface area contributed by atoms with E-state index >= 15 is 0 Å². The predicted molar refractivity (Wildman–Crippen MR) is 228 cm³/mol. The fourth-order valence-corrected chi connectivity index (χ4v) is 10.1. The Hall–Kier alpha value is -5.11. The number of hydrogen-bond acceptors (Lipinski definition) is 14. The summed E-state index contributed by atoms with van der Waals surface area (Å²) in [5.74, 6) is 0.632. The third-order valence-electron chi connectivity index (χ3n) is 11.8. The molecule has 0 unspecified atom stereocenters. The van der Waals surface area contributed by atoms with Crippen molar-refractivity contribution in [3.8, 4) is 5.75 Å². The Bertz CT molecular complexity index is 2530. The van der Waals surface area contributed by atoms with Gasteiger partial charge in [0.25, 0.3) is 0 Å². The number of methoxy groups -OCH3 is 3. The molecular weight excluding hydrogens is 839 g/mol. The van der Waals surface area contributed by atoms with E-state index in [2.05, 4.69) is 9.97 Å². The molecule has 5 heterocycles. The molecule has 19 heteroatoms. The fraction of sp³-hybridized carbons (Fsp3) is 0.386. The third kappa shape index (κ3) is 8.76. The summed E-state index contributed by atoms with van der Waals surface area (Å²) in [5.41, 5.74) is -3.01. The Labute approximate surface area is 361 Å². The molecule has 3 fully saturated rings. The molecule has 3 saturated heterocycles. The van der Waals surface area contributed by atoms with Crippen LogP contribution in [0.2, 0.25) is 0 Å². The van der Waals surface area contributed by atoms with E-state index in [1.807, 2.05) is 84.9 Å². The van der Waals surface area contributed by atoms with Crippen LogP contribution in [0.15, 0.2) is 129 Å². The SMILES string of the molecule is COc1ccc(C(O[C@H]2CCC[C@]3([CH][C@@H](OC)[C@H](n4ccc(=O)[nH]c4=O)O3)CO[PH](O)(OC)O[C@H]3[C@@H](OC)[C@H](n4ccc(=O)[nH]c4=O)O[C@@H]32)(c2ccccc2)c2ccccc2)cc1. The van der Waals surface area contributed by atoms with Gasteiger partial charge in [0, 0.05) is 0 Å². The topological polar surface area (TPSA) is 213 Å². The molecule has 63 heavy (non-hydrogen) atoms. The maximum absolute atomic E-state index is 13.4. The van der Waals surface area contributed by atoms with Gasteiger partial charge in [-0.15, -0.1) is 0 Å². The van der Waals surface area contributed by atoms with E-state index in [1.54, 1.807) is 13.5 Å². The van der Waals surface area contributed by atoms with Gasteiger partial charge in [-0.1, -0.05) is 0 Å². The Kier molecular flexibility index (Phi) is 13.1. The number of nitrogens with zero attached hydrogens (tertiary/aromatic N) is 2. The van der Waals surface area contributed by atoms with Gasteiger partial charge in [-0.25, -0.2) is 0 Å². The van der Waals surface area contributed by atoms with Gasteiger partial charge in [-0.05, 0) is 0 Å². The molecule has 8 atom stereocenters. The molecule has 3 aliphatic rings. The van der Waals surface area contributed by atoms with Crippen molar-refractivity contribution in [3.63, 3.8) is 0 Å². The van der Waals surface area contributed by atoms with Crippen molar-refractivity contribution in [2.24, 2.45) is 0 Å². The molecule has 3 aliphatic heterocycles. The minimum atomic E-state index is -4.73. The van der Waals surface area contributed by atoms with Gasteiger partial charge in [0.2, 0.25) is 0 Å². The van der Waals surface area contributed by atoms with Gasteiger partial charge in [-0.3, -0.25) is 0 Å². The monoisotopic (exact) mass is 889 g/mol. The second-order valence-corrected chi connectivity index (χ2v) is 17.4. The normalized spacial score (nSPS) is 27.9. The number of benzene rings is 3. The average Bonchev–Trinajstić information content (AvgIpc) is 3.84. The van der Waals surface area contributed by atoms with Crippen LogP contribution >= 0.6 is 8.17 Å². The van der Waals surface area contributed by atoms with Crippen molar-refractivity contribution in [1.82, 2.24) is 19.1 Å². The van der Waals surface area contributed by atoms with E-state index in [1.165, 1.54) is 55.0 Å². The van der Waals surface area contributed by atoms with Crippen molar-refractivity contribution < 1.29 is 46.9 Å². The van der Waals surface area contributed by atoms with Crippen molar-refractivity contribution >= 4 is 8.17 Å². The summed E-state index contributed by atoms with van der Waals surface area (Å²) in [6, 6.07) is 29.3. The first-order valence-corrected chi connectivity index (χ1v) is 22.0. The van der Waals surface area contributed by atoms with Crippen LogP contribution in [-0.4, -0.2) is 95.2 Å². The molecule has 3 N–H and O–H groups in total. The number of hydrogen-bond donors (Lipinski definition) is 3. The van der Waals surface area contributed by atoms with E-state index in [-0.39, 0.29) is 19.4 Å². The molecule has 8 rings (SSSR count). The summed E-state index contributed by atoms with van der Waals surface area (Å²) >= 11 is 0. The number of aromatic nitrogens is 4. The van der Waals surface area contributed by atoms with Crippen LogP contribution in [0.4, 0.5) is 0 Å². The average molecular weight is 890 g/mol. The minimum absolute atomic E-state index is 0.232. The molecule has 1 radical (unpaired) electrons. The van der Waals surface area contributed by atoms with Crippen molar-refractivity contribution in [2.75, 3.05) is 35.0 Å².